The van der Waals surface area contributed by atoms with Crippen molar-refractivity contribution in [2.45, 2.75) is 12.8 Å². The third-order valence-electron chi connectivity index (χ3n) is 6.33. The van der Waals surface area contributed by atoms with Gasteiger partial charge in [-0.25, -0.2) is 14.4 Å². The van der Waals surface area contributed by atoms with Crippen LogP contribution in [0.15, 0.2) is 60.4 Å². The largest absolute Gasteiger partial charge is 0.335 e. The van der Waals surface area contributed by atoms with E-state index in [4.69, 9.17) is 0 Å². The number of pyridine rings is 2. The van der Waals surface area contributed by atoms with Crippen LogP contribution in [-0.2, 0) is 4.79 Å². The Morgan fingerprint density at radius 3 is 2.89 bits per heavy atom. The van der Waals surface area contributed by atoms with E-state index >= 15 is 4.39 Å². The maximum absolute atomic E-state index is 16.0. The Hall–Kier alpha value is -4.44. The van der Waals surface area contributed by atoms with E-state index in [2.05, 4.69) is 35.5 Å². The quantitative estimate of drug-likeness (QED) is 0.281. The molecule has 0 radical (unpaired) electrons. The molecule has 10 heteroatoms. The molecule has 36 heavy (non-hydrogen) atoms. The Morgan fingerprint density at radius 1 is 1.14 bits per heavy atom. The standard InChI is InChI=1S/C26H18FN7OS/c27-21-16(14-10-15(12-28-11-14)30-26(35)13-3-4-13)5-6-18-20(21)23(34-33-18)25-31-22-17(19-2-1-9-36-19)7-8-29-24(22)32-25/h1-2,5-13H,3-4H2,(H,30,35)(H,33,34)(H,29,31,32). The highest BCUT2D eigenvalue weighted by atomic mass is 32.1. The monoisotopic (exact) mass is 495 g/mol. The van der Waals surface area contributed by atoms with E-state index in [0.29, 0.717) is 44.9 Å². The lowest BCUT2D eigenvalue weighted by molar-refractivity contribution is -0.117. The molecule has 1 aromatic carbocycles. The van der Waals surface area contributed by atoms with Gasteiger partial charge >= 0.3 is 0 Å². The van der Waals surface area contributed by atoms with Gasteiger partial charge in [-0.3, -0.25) is 14.9 Å². The molecule has 0 bridgehead atoms. The molecule has 176 valence electrons. The lowest BCUT2D eigenvalue weighted by Gasteiger charge is -2.08. The van der Waals surface area contributed by atoms with Crippen molar-refractivity contribution < 1.29 is 9.18 Å². The molecule has 5 aromatic heterocycles. The number of carbonyl (C=O) groups excluding carboxylic acids is 1. The van der Waals surface area contributed by atoms with Crippen LogP contribution in [0, 0.1) is 11.7 Å². The topological polar surface area (TPSA) is 112 Å². The van der Waals surface area contributed by atoms with Crippen LogP contribution < -0.4 is 5.32 Å². The number of amides is 1. The number of hydrogen-bond donors (Lipinski definition) is 3. The summed E-state index contributed by atoms with van der Waals surface area (Å²) in [6, 6.07) is 11.1. The fourth-order valence-electron chi connectivity index (χ4n) is 4.37. The number of fused-ring (bicyclic) bond motifs is 2. The van der Waals surface area contributed by atoms with Gasteiger partial charge in [0.05, 0.1) is 28.3 Å². The third-order valence-corrected chi connectivity index (χ3v) is 7.24. The van der Waals surface area contributed by atoms with Crippen molar-refractivity contribution in [2.75, 3.05) is 5.32 Å². The zero-order chi connectivity index (χ0) is 24.2. The zero-order valence-corrected chi connectivity index (χ0v) is 19.6. The molecular formula is C26H18FN7OS. The van der Waals surface area contributed by atoms with Crippen molar-refractivity contribution in [3.05, 3.63) is 66.2 Å². The van der Waals surface area contributed by atoms with Crippen LogP contribution in [0.5, 0.6) is 0 Å². The van der Waals surface area contributed by atoms with E-state index in [9.17, 15) is 4.79 Å². The van der Waals surface area contributed by atoms with Gasteiger partial charge in [0.25, 0.3) is 0 Å². The highest BCUT2D eigenvalue weighted by Crippen LogP contribution is 2.36. The minimum absolute atomic E-state index is 0.0255. The number of carbonyl (C=O) groups is 1. The molecule has 0 spiro atoms. The minimum Gasteiger partial charge on any atom is -0.335 e. The SMILES string of the molecule is O=C(Nc1cncc(-c2ccc3[nH]nc(-c4nc5nccc(-c6cccs6)c5[nH]4)c3c2F)c1)C1CC1. The van der Waals surface area contributed by atoms with E-state index in [1.54, 1.807) is 48.1 Å². The summed E-state index contributed by atoms with van der Waals surface area (Å²) in [6.45, 7) is 0. The maximum Gasteiger partial charge on any atom is 0.227 e. The van der Waals surface area contributed by atoms with E-state index in [1.165, 1.54) is 0 Å². The van der Waals surface area contributed by atoms with Gasteiger partial charge in [-0.2, -0.15) is 5.10 Å². The first-order valence-corrected chi connectivity index (χ1v) is 12.4. The molecule has 1 fully saturated rings. The van der Waals surface area contributed by atoms with Gasteiger partial charge in [-0.1, -0.05) is 6.07 Å². The van der Waals surface area contributed by atoms with Gasteiger partial charge in [-0.15, -0.1) is 11.3 Å². The summed E-state index contributed by atoms with van der Waals surface area (Å²) in [6.07, 6.45) is 6.66. The molecule has 6 aromatic rings. The second kappa shape index (κ2) is 8.06. The number of nitrogens with one attached hydrogen (secondary N) is 3. The van der Waals surface area contributed by atoms with Gasteiger partial charge in [0.1, 0.15) is 11.5 Å². The van der Waals surface area contributed by atoms with E-state index in [0.717, 1.165) is 28.8 Å². The predicted molar refractivity (Wildman–Crippen MR) is 137 cm³/mol. The van der Waals surface area contributed by atoms with Crippen molar-refractivity contribution in [1.29, 1.82) is 0 Å². The van der Waals surface area contributed by atoms with Crippen LogP contribution >= 0.6 is 11.3 Å². The number of thiophene rings is 1. The number of benzene rings is 1. The Morgan fingerprint density at radius 2 is 2.06 bits per heavy atom. The van der Waals surface area contributed by atoms with Crippen molar-refractivity contribution in [3.8, 4) is 33.1 Å². The van der Waals surface area contributed by atoms with Crippen molar-refractivity contribution in [2.24, 2.45) is 5.92 Å². The lowest BCUT2D eigenvalue weighted by atomic mass is 10.0. The predicted octanol–water partition coefficient (Wildman–Crippen LogP) is 5.78. The molecule has 8 nitrogen and oxygen atoms in total. The summed E-state index contributed by atoms with van der Waals surface area (Å²) >= 11 is 1.62. The van der Waals surface area contributed by atoms with Crippen LogP contribution in [0.3, 0.4) is 0 Å². The number of nitrogens with zero attached hydrogens (tertiary/aromatic N) is 4. The number of imidazole rings is 1. The van der Waals surface area contributed by atoms with E-state index in [1.807, 2.05) is 23.6 Å². The highest BCUT2D eigenvalue weighted by Gasteiger charge is 2.29. The van der Waals surface area contributed by atoms with E-state index in [-0.39, 0.29) is 11.8 Å². The molecule has 0 unspecified atom stereocenters. The third kappa shape index (κ3) is 3.45. The number of aromatic amines is 2. The zero-order valence-electron chi connectivity index (χ0n) is 18.7. The van der Waals surface area contributed by atoms with E-state index < -0.39 is 5.82 Å². The molecule has 3 N–H and O–H groups in total. The fraction of sp³-hybridized carbons (Fsp3) is 0.115. The number of aromatic nitrogens is 6. The molecule has 0 saturated heterocycles. The molecule has 1 saturated carbocycles. The van der Waals surface area contributed by atoms with Gasteiger partial charge in [0.15, 0.2) is 11.5 Å². The summed E-state index contributed by atoms with van der Waals surface area (Å²) in [5.41, 5.74) is 4.65. The second-order valence-corrected chi connectivity index (χ2v) is 9.72. The van der Waals surface area contributed by atoms with Gasteiger partial charge in [-0.05, 0) is 48.6 Å². The molecule has 1 aliphatic carbocycles. The van der Waals surface area contributed by atoms with Crippen LogP contribution in [0.25, 0.3) is 55.2 Å². The normalized spacial score (nSPS) is 13.5. The second-order valence-electron chi connectivity index (χ2n) is 8.77. The summed E-state index contributed by atoms with van der Waals surface area (Å²) in [5, 5.41) is 12.5. The van der Waals surface area contributed by atoms with Crippen LogP contribution in [0.1, 0.15) is 12.8 Å². The molecule has 1 amide bonds. The van der Waals surface area contributed by atoms with Crippen LogP contribution in [0.2, 0.25) is 0 Å². The fourth-order valence-corrected chi connectivity index (χ4v) is 5.13. The summed E-state index contributed by atoms with van der Waals surface area (Å²) in [5.74, 6) is 0.0132. The van der Waals surface area contributed by atoms with Crippen molar-refractivity contribution >= 4 is 45.0 Å². The van der Waals surface area contributed by atoms with Crippen molar-refractivity contribution in [1.82, 2.24) is 30.1 Å². The van der Waals surface area contributed by atoms with Gasteiger partial charge < -0.3 is 10.3 Å². The highest BCUT2D eigenvalue weighted by molar-refractivity contribution is 7.13. The number of hydrogen-bond acceptors (Lipinski definition) is 6. The summed E-state index contributed by atoms with van der Waals surface area (Å²) in [7, 11) is 0. The first kappa shape index (κ1) is 20.9. The molecule has 7 rings (SSSR count). The number of halogens is 1. The first-order chi connectivity index (χ1) is 17.7. The average Bonchev–Trinajstić information content (AvgIpc) is 3.27. The number of anilines is 1. The van der Waals surface area contributed by atoms with Gasteiger partial charge in [0, 0.05) is 39.9 Å². The number of rotatable bonds is 5. The Kier molecular flexibility index (Phi) is 4.68. The number of H-pyrrole nitrogens is 2. The molecule has 0 atom stereocenters. The van der Waals surface area contributed by atoms with Crippen molar-refractivity contribution in [3.63, 3.8) is 0 Å². The lowest BCUT2D eigenvalue weighted by Crippen LogP contribution is -2.13. The Balaban J connectivity index is 1.32. The smallest absolute Gasteiger partial charge is 0.227 e. The minimum atomic E-state index is -0.449. The molecule has 1 aliphatic rings. The average molecular weight is 496 g/mol. The summed E-state index contributed by atoms with van der Waals surface area (Å²) < 4.78 is 16.0. The Labute approximate surface area is 207 Å². The molecule has 0 aliphatic heterocycles. The first-order valence-electron chi connectivity index (χ1n) is 11.5. The Bertz CT molecular complexity index is 1770. The van der Waals surface area contributed by atoms with Gasteiger partial charge in [0.2, 0.25) is 5.91 Å². The van der Waals surface area contributed by atoms with Crippen LogP contribution in [-0.4, -0.2) is 36.0 Å². The summed E-state index contributed by atoms with van der Waals surface area (Å²) in [4.78, 5) is 29.8. The molecular weight excluding hydrogens is 477 g/mol. The maximum atomic E-state index is 16.0. The van der Waals surface area contributed by atoms with Crippen LogP contribution in [0.4, 0.5) is 10.1 Å². The molecule has 5 heterocycles.